The minimum atomic E-state index is -4.59. The van der Waals surface area contributed by atoms with E-state index in [-0.39, 0.29) is 16.6 Å². The molecule has 1 aliphatic heterocycles. The summed E-state index contributed by atoms with van der Waals surface area (Å²) in [4.78, 5) is 1.94. The molecular formula is C14H20F2N2O2S. The van der Waals surface area contributed by atoms with Crippen molar-refractivity contribution in [3.05, 3.63) is 24.3 Å². The fourth-order valence-electron chi connectivity index (χ4n) is 2.52. The number of rotatable bonds is 5. The lowest BCUT2D eigenvalue weighted by atomic mass is 10.2. The summed E-state index contributed by atoms with van der Waals surface area (Å²) in [5.41, 5.74) is 0.258. The number of nitrogens with zero attached hydrogens (tertiary/aromatic N) is 1. The number of benzene rings is 1. The molecule has 0 aromatic heterocycles. The van der Waals surface area contributed by atoms with Crippen molar-refractivity contribution in [3.63, 3.8) is 0 Å². The molecule has 1 N–H and O–H groups in total. The third-order valence-corrected chi connectivity index (χ3v) is 5.18. The summed E-state index contributed by atoms with van der Waals surface area (Å²) in [6.45, 7) is 5.88. The zero-order chi connectivity index (χ0) is 15.6. The van der Waals surface area contributed by atoms with Crippen molar-refractivity contribution >= 4 is 15.5 Å². The van der Waals surface area contributed by atoms with Crippen LogP contribution in [0.25, 0.3) is 0 Å². The van der Waals surface area contributed by atoms with Crippen LogP contribution in [0.4, 0.5) is 14.5 Å². The highest BCUT2D eigenvalue weighted by Gasteiger charge is 2.31. The molecule has 0 aliphatic carbocycles. The van der Waals surface area contributed by atoms with Gasteiger partial charge < -0.3 is 5.32 Å². The first-order valence-corrected chi connectivity index (χ1v) is 8.48. The number of anilines is 1. The van der Waals surface area contributed by atoms with Crippen molar-refractivity contribution in [3.8, 4) is 0 Å². The van der Waals surface area contributed by atoms with E-state index >= 15 is 0 Å². The van der Waals surface area contributed by atoms with E-state index in [1.165, 1.54) is 18.2 Å². The van der Waals surface area contributed by atoms with Crippen molar-refractivity contribution < 1.29 is 17.2 Å². The van der Waals surface area contributed by atoms with Gasteiger partial charge in [0.25, 0.3) is 0 Å². The summed E-state index contributed by atoms with van der Waals surface area (Å²) >= 11 is 0. The molecule has 21 heavy (non-hydrogen) atoms. The molecule has 1 aliphatic rings. The number of para-hydroxylation sites is 1. The number of nitrogens with one attached hydrogen (secondary N) is 1. The van der Waals surface area contributed by atoms with Gasteiger partial charge in [0.05, 0.1) is 10.6 Å². The van der Waals surface area contributed by atoms with Crippen LogP contribution in [0, 0.1) is 0 Å². The molecule has 0 amide bonds. The van der Waals surface area contributed by atoms with Crippen LogP contribution in [0.15, 0.2) is 29.2 Å². The van der Waals surface area contributed by atoms with Crippen molar-refractivity contribution in [1.82, 2.24) is 4.90 Å². The van der Waals surface area contributed by atoms with Gasteiger partial charge >= 0.3 is 5.76 Å². The van der Waals surface area contributed by atoms with Gasteiger partial charge in [0, 0.05) is 25.2 Å². The van der Waals surface area contributed by atoms with Gasteiger partial charge in [-0.2, -0.15) is 8.78 Å². The second-order valence-electron chi connectivity index (χ2n) is 5.52. The standard InChI is InChI=1S/C14H20F2N2O2S/c1-10(2)18-8-7-11(9-18)17-12-5-3-4-6-13(12)21(19,20)14(15)16/h3-6,10-11,14,17H,7-9H2,1-2H3. The van der Waals surface area contributed by atoms with Gasteiger partial charge in [-0.1, -0.05) is 12.1 Å². The third kappa shape index (κ3) is 3.52. The smallest absolute Gasteiger partial charge is 0.341 e. The highest BCUT2D eigenvalue weighted by molar-refractivity contribution is 7.91. The molecule has 0 bridgehead atoms. The average molecular weight is 318 g/mol. The van der Waals surface area contributed by atoms with E-state index in [0.29, 0.717) is 6.04 Å². The van der Waals surface area contributed by atoms with Gasteiger partial charge in [0.15, 0.2) is 0 Å². The Hall–Kier alpha value is -1.21. The predicted octanol–water partition coefficient (Wildman–Crippen LogP) is 2.58. The Morgan fingerprint density at radius 2 is 1.95 bits per heavy atom. The Morgan fingerprint density at radius 3 is 2.52 bits per heavy atom. The summed E-state index contributed by atoms with van der Waals surface area (Å²) < 4.78 is 48.9. The van der Waals surface area contributed by atoms with Crippen molar-refractivity contribution in [2.75, 3.05) is 18.4 Å². The van der Waals surface area contributed by atoms with Crippen molar-refractivity contribution in [1.29, 1.82) is 0 Å². The number of hydrogen-bond donors (Lipinski definition) is 1. The summed E-state index contributed by atoms with van der Waals surface area (Å²) in [7, 11) is -4.59. The monoisotopic (exact) mass is 318 g/mol. The van der Waals surface area contributed by atoms with Gasteiger partial charge in [-0.25, -0.2) is 8.42 Å². The molecule has 1 heterocycles. The Labute approximate surface area is 124 Å². The van der Waals surface area contributed by atoms with Crippen LogP contribution in [0.5, 0.6) is 0 Å². The van der Waals surface area contributed by atoms with Gasteiger partial charge in [0.1, 0.15) is 0 Å². The highest BCUT2D eigenvalue weighted by atomic mass is 32.2. The van der Waals surface area contributed by atoms with E-state index in [0.717, 1.165) is 19.5 Å². The maximum absolute atomic E-state index is 12.7. The lowest BCUT2D eigenvalue weighted by Gasteiger charge is -2.21. The molecule has 4 nitrogen and oxygen atoms in total. The SMILES string of the molecule is CC(C)N1CCC(Nc2ccccc2S(=O)(=O)C(F)F)C1. The third-order valence-electron chi connectivity index (χ3n) is 3.74. The molecule has 118 valence electrons. The lowest BCUT2D eigenvalue weighted by molar-refractivity contribution is 0.235. The minimum absolute atomic E-state index is 0.0708. The molecule has 1 fully saturated rings. The number of alkyl halides is 2. The first kappa shape index (κ1) is 16.2. The number of hydrogen-bond acceptors (Lipinski definition) is 4. The molecule has 0 saturated carbocycles. The Bertz CT molecular complexity index is 590. The highest BCUT2D eigenvalue weighted by Crippen LogP contribution is 2.28. The molecule has 1 atom stereocenters. The summed E-state index contributed by atoms with van der Waals surface area (Å²) in [6.07, 6.45) is 0.862. The topological polar surface area (TPSA) is 49.4 Å². The normalized spacial score (nSPS) is 20.4. The zero-order valence-electron chi connectivity index (χ0n) is 12.1. The summed E-state index contributed by atoms with van der Waals surface area (Å²) in [5, 5.41) is 3.10. The lowest BCUT2D eigenvalue weighted by Crippen LogP contribution is -2.31. The Kier molecular flexibility index (Phi) is 4.83. The predicted molar refractivity (Wildman–Crippen MR) is 78.4 cm³/mol. The molecule has 1 aromatic carbocycles. The molecule has 1 unspecified atom stereocenters. The van der Waals surface area contributed by atoms with E-state index in [1.807, 2.05) is 0 Å². The molecule has 2 rings (SSSR count). The van der Waals surface area contributed by atoms with Crippen molar-refractivity contribution in [2.24, 2.45) is 0 Å². The maximum atomic E-state index is 12.7. The fourth-order valence-corrected chi connectivity index (χ4v) is 3.42. The Morgan fingerprint density at radius 1 is 1.29 bits per heavy atom. The largest absolute Gasteiger partial charge is 0.380 e. The number of sulfone groups is 1. The summed E-state index contributed by atoms with van der Waals surface area (Å²) in [6, 6.07) is 6.34. The van der Waals surface area contributed by atoms with E-state index in [9.17, 15) is 17.2 Å². The van der Waals surface area contributed by atoms with Crippen LogP contribution < -0.4 is 5.32 Å². The van der Waals surface area contributed by atoms with Gasteiger partial charge in [-0.3, -0.25) is 4.90 Å². The van der Waals surface area contributed by atoms with Crippen LogP contribution in [-0.2, 0) is 9.84 Å². The minimum Gasteiger partial charge on any atom is -0.380 e. The Balaban J connectivity index is 2.19. The van der Waals surface area contributed by atoms with E-state index in [1.54, 1.807) is 6.07 Å². The number of likely N-dealkylation sites (tertiary alicyclic amines) is 1. The van der Waals surface area contributed by atoms with Gasteiger partial charge in [-0.05, 0) is 32.4 Å². The zero-order valence-corrected chi connectivity index (χ0v) is 12.9. The van der Waals surface area contributed by atoms with Crippen LogP contribution in [0.1, 0.15) is 20.3 Å². The van der Waals surface area contributed by atoms with Crippen LogP contribution in [0.3, 0.4) is 0 Å². The first-order valence-electron chi connectivity index (χ1n) is 6.94. The fraction of sp³-hybridized carbons (Fsp3) is 0.571. The van der Waals surface area contributed by atoms with Crippen molar-refractivity contribution in [2.45, 2.75) is 43.0 Å². The number of halogens is 2. The summed E-state index contributed by atoms with van der Waals surface area (Å²) in [5.74, 6) is -3.41. The maximum Gasteiger partial charge on any atom is 0.341 e. The van der Waals surface area contributed by atoms with Crippen LogP contribution in [0.2, 0.25) is 0 Å². The molecule has 7 heteroatoms. The second-order valence-corrected chi connectivity index (χ2v) is 7.41. The molecule has 1 saturated heterocycles. The van der Waals surface area contributed by atoms with E-state index in [2.05, 4.69) is 24.1 Å². The van der Waals surface area contributed by atoms with Gasteiger partial charge in [-0.15, -0.1) is 0 Å². The second kappa shape index (κ2) is 6.27. The molecule has 0 radical (unpaired) electrons. The molecule has 0 spiro atoms. The van der Waals surface area contributed by atoms with Crippen LogP contribution in [-0.4, -0.2) is 44.2 Å². The molecular weight excluding hydrogens is 298 g/mol. The average Bonchev–Trinajstić information content (AvgIpc) is 2.87. The van der Waals surface area contributed by atoms with Crippen LogP contribution >= 0.6 is 0 Å². The molecule has 1 aromatic rings. The van der Waals surface area contributed by atoms with Gasteiger partial charge in [0.2, 0.25) is 9.84 Å². The van der Waals surface area contributed by atoms with E-state index in [4.69, 9.17) is 0 Å². The van der Waals surface area contributed by atoms with E-state index < -0.39 is 15.6 Å². The first-order chi connectivity index (χ1) is 9.82. The quantitative estimate of drug-likeness (QED) is 0.906.